The average molecular weight is 477 g/mol. The number of anilines is 1. The molecule has 0 atom stereocenters. The van der Waals surface area contributed by atoms with Crippen molar-refractivity contribution >= 4 is 45.9 Å². The van der Waals surface area contributed by atoms with Crippen molar-refractivity contribution in [3.8, 4) is 17.5 Å². The molecule has 1 aromatic heterocycles. The number of methoxy groups -OCH3 is 1. The highest BCUT2D eigenvalue weighted by Crippen LogP contribution is 2.25. The molecule has 0 aliphatic rings. The summed E-state index contributed by atoms with van der Waals surface area (Å²) in [5.41, 5.74) is 1.48. The number of rotatable bonds is 6. The van der Waals surface area contributed by atoms with Gasteiger partial charge in [-0.05, 0) is 42.5 Å². The average Bonchev–Trinajstić information content (AvgIpc) is 2.83. The van der Waals surface area contributed by atoms with Crippen LogP contribution in [0.4, 0.5) is 5.69 Å². The molecule has 7 nitrogen and oxygen atoms in total. The van der Waals surface area contributed by atoms with E-state index < -0.39 is 0 Å². The lowest BCUT2D eigenvalue weighted by atomic mass is 10.2. The molecule has 3 aromatic carbocycles. The minimum atomic E-state index is -0.363. The largest absolute Gasteiger partial charge is 0.497 e. The molecular formula is C24H17ClN4O3S. The Bertz CT molecular complexity index is 1460. The Labute approximate surface area is 198 Å². The molecule has 1 heterocycles. The molecule has 9 heteroatoms. The molecule has 0 aliphatic heterocycles. The number of benzene rings is 3. The van der Waals surface area contributed by atoms with Crippen LogP contribution in [0.25, 0.3) is 16.6 Å². The van der Waals surface area contributed by atoms with Crippen molar-refractivity contribution in [1.29, 1.82) is 5.26 Å². The van der Waals surface area contributed by atoms with Crippen molar-refractivity contribution in [1.82, 2.24) is 9.55 Å². The molecule has 0 bridgehead atoms. The first kappa shape index (κ1) is 22.4. The number of para-hydroxylation sites is 1. The molecule has 1 N–H and O–H groups in total. The number of fused-ring (bicyclic) bond motifs is 1. The predicted octanol–water partition coefficient (Wildman–Crippen LogP) is 4.65. The van der Waals surface area contributed by atoms with Gasteiger partial charge in [0, 0.05) is 11.1 Å². The monoisotopic (exact) mass is 476 g/mol. The normalized spacial score (nSPS) is 10.6. The van der Waals surface area contributed by atoms with Crippen molar-refractivity contribution < 1.29 is 9.53 Å². The van der Waals surface area contributed by atoms with E-state index in [4.69, 9.17) is 16.3 Å². The standard InChI is InChI=1S/C24H17ClN4O3S/c1-32-18-6-4-5-17(12-18)29-23(31)19-7-2-3-8-20(19)28-24(29)33-14-22(30)27-21-11-16(25)10-9-15(21)13-26/h2-12H,14H2,1H3,(H,27,30). The Hall–Kier alpha value is -3.80. The van der Waals surface area contributed by atoms with Crippen LogP contribution in [0.3, 0.4) is 0 Å². The van der Waals surface area contributed by atoms with Crippen molar-refractivity contribution in [2.75, 3.05) is 18.2 Å². The van der Waals surface area contributed by atoms with E-state index >= 15 is 0 Å². The topological polar surface area (TPSA) is 97.0 Å². The summed E-state index contributed by atoms with van der Waals surface area (Å²) in [5.74, 6) is 0.191. The van der Waals surface area contributed by atoms with Crippen LogP contribution in [0, 0.1) is 11.3 Å². The van der Waals surface area contributed by atoms with E-state index in [0.29, 0.717) is 43.8 Å². The summed E-state index contributed by atoms with van der Waals surface area (Å²) in [5, 5.41) is 13.2. The highest BCUT2D eigenvalue weighted by molar-refractivity contribution is 7.99. The number of nitriles is 1. The second-order valence-corrected chi connectivity index (χ2v) is 8.27. The first-order valence-corrected chi connectivity index (χ1v) is 11.1. The molecule has 0 saturated heterocycles. The summed E-state index contributed by atoms with van der Waals surface area (Å²) in [6.07, 6.45) is 0. The summed E-state index contributed by atoms with van der Waals surface area (Å²) in [6, 6.07) is 20.8. The van der Waals surface area contributed by atoms with E-state index in [2.05, 4.69) is 10.3 Å². The zero-order valence-electron chi connectivity index (χ0n) is 17.4. The van der Waals surface area contributed by atoms with Crippen LogP contribution in [0.2, 0.25) is 5.02 Å². The van der Waals surface area contributed by atoms with Gasteiger partial charge < -0.3 is 10.1 Å². The summed E-state index contributed by atoms with van der Waals surface area (Å²) < 4.78 is 6.76. The van der Waals surface area contributed by atoms with Gasteiger partial charge in [-0.25, -0.2) is 4.98 Å². The van der Waals surface area contributed by atoms with E-state index in [1.54, 1.807) is 61.7 Å². The van der Waals surface area contributed by atoms with E-state index in [0.717, 1.165) is 11.8 Å². The summed E-state index contributed by atoms with van der Waals surface area (Å²) in [4.78, 5) is 30.6. The molecule has 0 unspecified atom stereocenters. The highest BCUT2D eigenvalue weighted by atomic mass is 35.5. The summed E-state index contributed by atoms with van der Waals surface area (Å²) in [6.45, 7) is 0. The first-order valence-electron chi connectivity index (χ1n) is 9.78. The van der Waals surface area contributed by atoms with Gasteiger partial charge in [-0.2, -0.15) is 5.26 Å². The van der Waals surface area contributed by atoms with Crippen molar-refractivity contribution in [3.05, 3.63) is 87.7 Å². The van der Waals surface area contributed by atoms with Gasteiger partial charge in [0.2, 0.25) is 5.91 Å². The Morgan fingerprint density at radius 1 is 1.18 bits per heavy atom. The third kappa shape index (κ3) is 4.85. The maximum atomic E-state index is 13.3. The fraction of sp³-hybridized carbons (Fsp3) is 0.0833. The summed E-state index contributed by atoms with van der Waals surface area (Å²) >= 11 is 7.10. The number of amides is 1. The fourth-order valence-electron chi connectivity index (χ4n) is 3.22. The first-order chi connectivity index (χ1) is 16.0. The fourth-order valence-corrected chi connectivity index (χ4v) is 4.20. The highest BCUT2D eigenvalue weighted by Gasteiger charge is 2.16. The molecule has 0 saturated carbocycles. The maximum absolute atomic E-state index is 13.3. The van der Waals surface area contributed by atoms with Crippen LogP contribution in [0.5, 0.6) is 5.75 Å². The zero-order valence-corrected chi connectivity index (χ0v) is 19.0. The van der Waals surface area contributed by atoms with Crippen LogP contribution in [0.1, 0.15) is 5.56 Å². The lowest BCUT2D eigenvalue weighted by molar-refractivity contribution is -0.113. The molecule has 1 amide bonds. The van der Waals surface area contributed by atoms with Crippen LogP contribution >= 0.6 is 23.4 Å². The Morgan fingerprint density at radius 3 is 2.79 bits per heavy atom. The molecule has 0 fully saturated rings. The number of nitrogens with one attached hydrogen (secondary N) is 1. The van der Waals surface area contributed by atoms with Crippen LogP contribution in [0.15, 0.2) is 76.7 Å². The van der Waals surface area contributed by atoms with Gasteiger partial charge in [0.05, 0.1) is 40.7 Å². The number of carbonyl (C=O) groups is 1. The number of hydrogen-bond donors (Lipinski definition) is 1. The van der Waals surface area contributed by atoms with Gasteiger partial charge in [0.25, 0.3) is 5.56 Å². The number of ether oxygens (including phenoxy) is 1. The van der Waals surface area contributed by atoms with Gasteiger partial charge in [-0.15, -0.1) is 0 Å². The molecule has 4 aromatic rings. The lowest BCUT2D eigenvalue weighted by Crippen LogP contribution is -2.23. The maximum Gasteiger partial charge on any atom is 0.266 e. The number of nitrogens with zero attached hydrogens (tertiary/aromatic N) is 3. The SMILES string of the molecule is COc1cccc(-n2c(SCC(=O)Nc3cc(Cl)ccc3C#N)nc3ccccc3c2=O)c1. The molecule has 164 valence electrons. The number of halogens is 1. The van der Waals surface area contributed by atoms with Crippen LogP contribution in [-0.4, -0.2) is 28.3 Å². The Balaban J connectivity index is 1.69. The second-order valence-electron chi connectivity index (χ2n) is 6.89. The molecule has 4 rings (SSSR count). The predicted molar refractivity (Wildman–Crippen MR) is 129 cm³/mol. The third-order valence-corrected chi connectivity index (χ3v) is 5.94. The van der Waals surface area contributed by atoms with E-state index in [1.807, 2.05) is 6.07 Å². The number of carbonyl (C=O) groups excluding carboxylic acids is 1. The minimum absolute atomic E-state index is 0.0356. The van der Waals surface area contributed by atoms with Crippen molar-refractivity contribution in [3.63, 3.8) is 0 Å². The van der Waals surface area contributed by atoms with Gasteiger partial charge >= 0.3 is 0 Å². The van der Waals surface area contributed by atoms with Crippen LogP contribution in [-0.2, 0) is 4.79 Å². The second kappa shape index (κ2) is 9.77. The minimum Gasteiger partial charge on any atom is -0.497 e. The van der Waals surface area contributed by atoms with Crippen LogP contribution < -0.4 is 15.6 Å². The van der Waals surface area contributed by atoms with E-state index in [9.17, 15) is 14.9 Å². The third-order valence-electron chi connectivity index (χ3n) is 4.76. The van der Waals surface area contributed by atoms with Gasteiger partial charge in [-0.3, -0.25) is 14.2 Å². The summed E-state index contributed by atoms with van der Waals surface area (Å²) in [7, 11) is 1.55. The van der Waals surface area contributed by atoms with Gasteiger partial charge in [0.15, 0.2) is 5.16 Å². The molecular weight excluding hydrogens is 460 g/mol. The number of hydrogen-bond acceptors (Lipinski definition) is 6. The number of aromatic nitrogens is 2. The van der Waals surface area contributed by atoms with Crippen molar-refractivity contribution in [2.24, 2.45) is 0 Å². The van der Waals surface area contributed by atoms with Gasteiger partial charge in [0.1, 0.15) is 11.8 Å². The molecule has 0 radical (unpaired) electrons. The van der Waals surface area contributed by atoms with E-state index in [1.165, 1.54) is 16.7 Å². The smallest absolute Gasteiger partial charge is 0.266 e. The quantitative estimate of drug-likeness (QED) is 0.321. The zero-order chi connectivity index (χ0) is 23.4. The lowest BCUT2D eigenvalue weighted by Gasteiger charge is -2.14. The van der Waals surface area contributed by atoms with Crippen molar-refractivity contribution in [2.45, 2.75) is 5.16 Å². The number of thioether (sulfide) groups is 1. The Kier molecular flexibility index (Phi) is 6.63. The van der Waals surface area contributed by atoms with Gasteiger partial charge in [-0.1, -0.05) is 41.6 Å². The Morgan fingerprint density at radius 2 is 2.00 bits per heavy atom. The molecule has 0 spiro atoms. The molecule has 0 aliphatic carbocycles. The van der Waals surface area contributed by atoms with E-state index in [-0.39, 0.29) is 17.2 Å². The molecule has 33 heavy (non-hydrogen) atoms.